The van der Waals surface area contributed by atoms with E-state index in [1.807, 2.05) is 0 Å². The van der Waals surface area contributed by atoms with Gasteiger partial charge in [0.1, 0.15) is 11.2 Å². The first-order chi connectivity index (χ1) is 9.89. The fraction of sp³-hybridized carbons (Fsp3) is 0.600. The van der Waals surface area contributed by atoms with Gasteiger partial charge in [0.05, 0.1) is 0 Å². The molecule has 0 aliphatic heterocycles. The van der Waals surface area contributed by atoms with E-state index in [4.69, 9.17) is 9.47 Å². The van der Waals surface area contributed by atoms with Crippen molar-refractivity contribution in [3.8, 4) is 0 Å². The van der Waals surface area contributed by atoms with Crippen LogP contribution in [0.15, 0.2) is 12.4 Å². The maximum Gasteiger partial charge on any atom is 0.427 e. The third-order valence-electron chi connectivity index (χ3n) is 2.12. The van der Waals surface area contributed by atoms with Gasteiger partial charge in [0.2, 0.25) is 5.95 Å². The number of imide groups is 1. The highest BCUT2D eigenvalue weighted by atomic mass is 16.6. The van der Waals surface area contributed by atoms with E-state index in [-0.39, 0.29) is 5.95 Å². The summed E-state index contributed by atoms with van der Waals surface area (Å²) in [4.78, 5) is 33.3. The highest BCUT2D eigenvalue weighted by Crippen LogP contribution is 2.18. The Morgan fingerprint density at radius 3 is 1.59 bits per heavy atom. The number of rotatable bonds is 1. The van der Waals surface area contributed by atoms with E-state index in [1.165, 1.54) is 12.4 Å². The zero-order valence-electron chi connectivity index (χ0n) is 14.1. The Labute approximate surface area is 130 Å². The Morgan fingerprint density at radius 2 is 1.27 bits per heavy atom. The van der Waals surface area contributed by atoms with E-state index < -0.39 is 23.4 Å². The lowest BCUT2D eigenvalue weighted by atomic mass is 10.2. The molecule has 0 bridgehead atoms. The summed E-state index contributed by atoms with van der Waals surface area (Å²) in [5.74, 6) is -0.0888. The minimum absolute atomic E-state index is 0.0888. The molecule has 1 heterocycles. The topological polar surface area (TPSA) is 81.6 Å². The van der Waals surface area contributed by atoms with Crippen molar-refractivity contribution in [2.45, 2.75) is 59.7 Å². The third kappa shape index (κ3) is 5.67. The molecular formula is C15H23N3O4. The van der Waals surface area contributed by atoms with Gasteiger partial charge in [-0.25, -0.2) is 19.6 Å². The second-order valence-electron chi connectivity index (χ2n) is 6.86. The summed E-state index contributed by atoms with van der Waals surface area (Å²) in [6.07, 6.45) is 1.24. The van der Waals surface area contributed by atoms with Gasteiger partial charge in [-0.3, -0.25) is 0 Å². The fourth-order valence-corrected chi connectivity index (χ4v) is 1.35. The van der Waals surface area contributed by atoms with E-state index in [2.05, 4.69) is 9.97 Å². The van der Waals surface area contributed by atoms with E-state index in [9.17, 15) is 9.59 Å². The van der Waals surface area contributed by atoms with Crippen molar-refractivity contribution in [1.29, 1.82) is 0 Å². The summed E-state index contributed by atoms with van der Waals surface area (Å²) in [6, 6.07) is 0. The monoisotopic (exact) mass is 309 g/mol. The number of carbonyl (C=O) groups excluding carboxylic acids is 2. The van der Waals surface area contributed by atoms with Gasteiger partial charge < -0.3 is 9.47 Å². The van der Waals surface area contributed by atoms with Gasteiger partial charge in [0.15, 0.2) is 0 Å². The number of aryl methyl sites for hydroxylation is 1. The zero-order valence-corrected chi connectivity index (χ0v) is 14.1. The van der Waals surface area contributed by atoms with Crippen LogP contribution in [0.1, 0.15) is 47.1 Å². The van der Waals surface area contributed by atoms with Gasteiger partial charge in [-0.1, -0.05) is 0 Å². The van der Waals surface area contributed by atoms with Gasteiger partial charge in [-0.2, -0.15) is 0 Å². The molecule has 1 rings (SSSR count). The molecule has 1 aromatic heterocycles. The van der Waals surface area contributed by atoms with Crippen LogP contribution in [0.25, 0.3) is 0 Å². The Kier molecular flexibility index (Phi) is 5.11. The molecule has 0 unspecified atom stereocenters. The van der Waals surface area contributed by atoms with Crippen molar-refractivity contribution >= 4 is 18.1 Å². The first-order valence-electron chi connectivity index (χ1n) is 6.94. The number of hydrogen-bond acceptors (Lipinski definition) is 6. The molecule has 1 aromatic rings. The Hall–Kier alpha value is -2.18. The molecule has 0 saturated carbocycles. The molecule has 0 atom stereocenters. The maximum atomic E-state index is 12.3. The molecule has 0 saturated heterocycles. The molecule has 0 N–H and O–H groups in total. The minimum Gasteiger partial charge on any atom is -0.443 e. The van der Waals surface area contributed by atoms with Gasteiger partial charge in [0.25, 0.3) is 0 Å². The van der Waals surface area contributed by atoms with Crippen molar-refractivity contribution in [2.24, 2.45) is 0 Å². The molecule has 0 aromatic carbocycles. The Bertz CT molecular complexity index is 513. The first kappa shape index (κ1) is 17.9. The number of hydrogen-bond donors (Lipinski definition) is 0. The summed E-state index contributed by atoms with van der Waals surface area (Å²) in [5, 5.41) is 0. The van der Waals surface area contributed by atoms with Crippen molar-refractivity contribution in [3.63, 3.8) is 0 Å². The van der Waals surface area contributed by atoms with Gasteiger partial charge in [-0.15, -0.1) is 4.90 Å². The van der Waals surface area contributed by atoms with Crippen molar-refractivity contribution in [1.82, 2.24) is 9.97 Å². The van der Waals surface area contributed by atoms with Crippen molar-refractivity contribution in [2.75, 3.05) is 4.90 Å². The van der Waals surface area contributed by atoms with Crippen molar-refractivity contribution in [3.05, 3.63) is 18.0 Å². The molecule has 0 spiro atoms. The van der Waals surface area contributed by atoms with Crippen LogP contribution < -0.4 is 4.90 Å². The summed E-state index contributed by atoms with van der Waals surface area (Å²) in [7, 11) is 0. The molecule has 0 radical (unpaired) electrons. The lowest BCUT2D eigenvalue weighted by Gasteiger charge is -2.27. The average Bonchev–Trinajstić information content (AvgIpc) is 2.27. The Morgan fingerprint density at radius 1 is 0.909 bits per heavy atom. The van der Waals surface area contributed by atoms with Gasteiger partial charge in [-0.05, 0) is 54.0 Å². The molecule has 7 nitrogen and oxygen atoms in total. The summed E-state index contributed by atoms with van der Waals surface area (Å²) >= 11 is 0. The average molecular weight is 309 g/mol. The number of nitrogens with zero attached hydrogens (tertiary/aromatic N) is 3. The van der Waals surface area contributed by atoms with E-state index in [0.29, 0.717) is 4.90 Å². The number of ether oxygens (including phenoxy) is 2. The maximum absolute atomic E-state index is 12.3. The lowest BCUT2D eigenvalue weighted by molar-refractivity contribution is 0.0427. The molecule has 2 amide bonds. The SMILES string of the molecule is Cc1cnc(N(C(=O)OC(C)(C)C)C(=O)OC(C)(C)C)nc1. The summed E-state index contributed by atoms with van der Waals surface area (Å²) < 4.78 is 10.5. The van der Waals surface area contributed by atoms with Gasteiger partial charge >= 0.3 is 12.2 Å². The highest BCUT2D eigenvalue weighted by molar-refractivity contribution is 6.08. The van der Waals surface area contributed by atoms with Crippen LogP contribution in [-0.2, 0) is 9.47 Å². The number of anilines is 1. The molecule has 22 heavy (non-hydrogen) atoms. The largest absolute Gasteiger partial charge is 0.443 e. The van der Waals surface area contributed by atoms with E-state index in [0.717, 1.165) is 5.56 Å². The first-order valence-corrected chi connectivity index (χ1v) is 6.94. The Balaban J connectivity index is 3.12. The number of carbonyl (C=O) groups is 2. The smallest absolute Gasteiger partial charge is 0.427 e. The summed E-state index contributed by atoms with van der Waals surface area (Å²) in [5.41, 5.74) is -0.721. The lowest BCUT2D eigenvalue weighted by Crippen LogP contribution is -2.44. The van der Waals surface area contributed by atoms with Crippen LogP contribution >= 0.6 is 0 Å². The fourth-order valence-electron chi connectivity index (χ4n) is 1.35. The predicted octanol–water partition coefficient (Wildman–Crippen LogP) is 3.46. The number of aromatic nitrogens is 2. The van der Waals surface area contributed by atoms with Crippen LogP contribution in [0, 0.1) is 6.92 Å². The van der Waals surface area contributed by atoms with Crippen LogP contribution in [-0.4, -0.2) is 33.4 Å². The highest BCUT2D eigenvalue weighted by Gasteiger charge is 2.34. The predicted molar refractivity (Wildman–Crippen MR) is 81.7 cm³/mol. The number of amides is 2. The normalized spacial score (nSPS) is 11.8. The molecule has 0 aliphatic rings. The third-order valence-corrected chi connectivity index (χ3v) is 2.12. The molecule has 122 valence electrons. The molecular weight excluding hydrogens is 286 g/mol. The quantitative estimate of drug-likeness (QED) is 0.790. The van der Waals surface area contributed by atoms with Crippen LogP contribution in [0.5, 0.6) is 0 Å². The standard InChI is InChI=1S/C15H23N3O4/c1-10-8-16-11(17-9-10)18(12(19)21-14(2,3)4)13(20)22-15(5,6)7/h8-9H,1-7H3. The van der Waals surface area contributed by atoms with Crippen LogP contribution in [0.3, 0.4) is 0 Å². The van der Waals surface area contributed by atoms with E-state index >= 15 is 0 Å². The molecule has 7 heteroatoms. The van der Waals surface area contributed by atoms with Crippen molar-refractivity contribution < 1.29 is 19.1 Å². The zero-order chi connectivity index (χ0) is 17.1. The van der Waals surface area contributed by atoms with Gasteiger partial charge in [0, 0.05) is 12.4 Å². The minimum atomic E-state index is -0.884. The molecule has 0 fully saturated rings. The second-order valence-corrected chi connectivity index (χ2v) is 6.86. The van der Waals surface area contributed by atoms with Crippen LogP contribution in [0.4, 0.5) is 15.5 Å². The second kappa shape index (κ2) is 6.29. The van der Waals surface area contributed by atoms with Crippen LogP contribution in [0.2, 0.25) is 0 Å². The molecule has 0 aliphatic carbocycles. The summed E-state index contributed by atoms with van der Waals surface area (Å²) in [6.45, 7) is 12.0. The van der Waals surface area contributed by atoms with E-state index in [1.54, 1.807) is 48.5 Å².